The molecule has 0 radical (unpaired) electrons. The third-order valence-corrected chi connectivity index (χ3v) is 4.85. The standard InChI is InChI=1S/C14H19BrN2/c1-10(11-2-4-14(15)5-3-11)17-8-12-6-16-7-13(12)9-17/h2-5,10,12-13,16H,6-9H2,1H3/t10?,12-,13+. The summed E-state index contributed by atoms with van der Waals surface area (Å²) < 4.78 is 1.16. The first-order valence-electron chi connectivity index (χ1n) is 6.44. The minimum Gasteiger partial charge on any atom is -0.316 e. The van der Waals surface area contributed by atoms with Crippen LogP contribution < -0.4 is 5.32 Å². The molecule has 0 aromatic heterocycles. The number of nitrogens with zero attached hydrogens (tertiary/aromatic N) is 1. The molecule has 17 heavy (non-hydrogen) atoms. The number of halogens is 1. The second-order valence-corrected chi connectivity index (χ2v) is 6.28. The van der Waals surface area contributed by atoms with Gasteiger partial charge < -0.3 is 5.32 Å². The van der Waals surface area contributed by atoms with Crippen molar-refractivity contribution in [2.24, 2.45) is 11.8 Å². The molecule has 0 amide bonds. The molecule has 3 heteroatoms. The Kier molecular flexibility index (Phi) is 3.24. The molecule has 2 saturated heterocycles. The molecule has 2 heterocycles. The number of likely N-dealkylation sites (tertiary alicyclic amines) is 1. The summed E-state index contributed by atoms with van der Waals surface area (Å²) in [5.74, 6) is 1.76. The van der Waals surface area contributed by atoms with Crippen LogP contribution in [0.15, 0.2) is 28.7 Å². The first-order chi connectivity index (χ1) is 8.24. The van der Waals surface area contributed by atoms with Gasteiger partial charge in [-0.25, -0.2) is 0 Å². The summed E-state index contributed by atoms with van der Waals surface area (Å²) in [5.41, 5.74) is 1.43. The maximum absolute atomic E-state index is 3.50. The van der Waals surface area contributed by atoms with Crippen molar-refractivity contribution in [3.63, 3.8) is 0 Å². The lowest BCUT2D eigenvalue weighted by atomic mass is 10.0. The molecule has 3 rings (SSSR count). The van der Waals surface area contributed by atoms with E-state index in [1.54, 1.807) is 0 Å². The highest BCUT2D eigenvalue weighted by Gasteiger charge is 2.37. The van der Waals surface area contributed by atoms with Gasteiger partial charge in [0, 0.05) is 23.6 Å². The van der Waals surface area contributed by atoms with Gasteiger partial charge in [0.15, 0.2) is 0 Å². The van der Waals surface area contributed by atoms with Crippen molar-refractivity contribution in [3.8, 4) is 0 Å². The minimum atomic E-state index is 0.550. The Morgan fingerprint density at radius 1 is 1.18 bits per heavy atom. The van der Waals surface area contributed by atoms with E-state index in [4.69, 9.17) is 0 Å². The molecule has 1 N–H and O–H groups in total. The second kappa shape index (κ2) is 4.71. The van der Waals surface area contributed by atoms with Crippen LogP contribution in [0.5, 0.6) is 0 Å². The summed E-state index contributed by atoms with van der Waals surface area (Å²) >= 11 is 3.50. The van der Waals surface area contributed by atoms with Crippen molar-refractivity contribution in [2.75, 3.05) is 26.2 Å². The fourth-order valence-electron chi connectivity index (χ4n) is 3.16. The van der Waals surface area contributed by atoms with Crippen molar-refractivity contribution in [2.45, 2.75) is 13.0 Å². The average molecular weight is 295 g/mol. The Labute approximate surface area is 112 Å². The predicted molar refractivity (Wildman–Crippen MR) is 74.0 cm³/mol. The third kappa shape index (κ3) is 2.28. The molecule has 0 aliphatic carbocycles. The van der Waals surface area contributed by atoms with Gasteiger partial charge in [-0.05, 0) is 49.5 Å². The van der Waals surface area contributed by atoms with E-state index in [-0.39, 0.29) is 0 Å². The molecular weight excluding hydrogens is 276 g/mol. The van der Waals surface area contributed by atoms with Crippen molar-refractivity contribution < 1.29 is 0 Å². The molecule has 2 aliphatic rings. The van der Waals surface area contributed by atoms with Crippen LogP contribution in [0.4, 0.5) is 0 Å². The number of hydrogen-bond acceptors (Lipinski definition) is 2. The third-order valence-electron chi connectivity index (χ3n) is 4.32. The van der Waals surface area contributed by atoms with Crippen molar-refractivity contribution >= 4 is 15.9 Å². The lowest BCUT2D eigenvalue weighted by Crippen LogP contribution is -2.28. The van der Waals surface area contributed by atoms with Gasteiger partial charge in [-0.15, -0.1) is 0 Å². The maximum Gasteiger partial charge on any atom is 0.0320 e. The number of hydrogen-bond donors (Lipinski definition) is 1. The predicted octanol–water partition coefficient (Wildman–Crippen LogP) is 2.66. The van der Waals surface area contributed by atoms with E-state index in [9.17, 15) is 0 Å². The molecule has 3 atom stereocenters. The van der Waals surface area contributed by atoms with Gasteiger partial charge in [0.25, 0.3) is 0 Å². The number of fused-ring (bicyclic) bond motifs is 1. The molecule has 2 nitrogen and oxygen atoms in total. The molecule has 1 aromatic carbocycles. The van der Waals surface area contributed by atoms with E-state index in [2.05, 4.69) is 57.3 Å². The molecule has 2 aliphatic heterocycles. The first-order valence-corrected chi connectivity index (χ1v) is 7.23. The number of rotatable bonds is 2. The van der Waals surface area contributed by atoms with E-state index < -0.39 is 0 Å². The Bertz CT molecular complexity index is 378. The molecular formula is C14H19BrN2. The van der Waals surface area contributed by atoms with Crippen molar-refractivity contribution in [1.29, 1.82) is 0 Å². The first kappa shape index (κ1) is 11.7. The highest BCUT2D eigenvalue weighted by Crippen LogP contribution is 2.32. The number of nitrogens with one attached hydrogen (secondary N) is 1. The maximum atomic E-state index is 3.50. The molecule has 0 bridgehead atoms. The van der Waals surface area contributed by atoms with E-state index in [0.29, 0.717) is 6.04 Å². The molecule has 2 fully saturated rings. The summed E-state index contributed by atoms with van der Waals surface area (Å²) in [6.07, 6.45) is 0. The quantitative estimate of drug-likeness (QED) is 0.902. The Morgan fingerprint density at radius 2 is 1.76 bits per heavy atom. The zero-order valence-electron chi connectivity index (χ0n) is 10.2. The van der Waals surface area contributed by atoms with Gasteiger partial charge in [-0.3, -0.25) is 4.90 Å². The van der Waals surface area contributed by atoms with E-state index in [0.717, 1.165) is 16.3 Å². The summed E-state index contributed by atoms with van der Waals surface area (Å²) in [5, 5.41) is 3.50. The lowest BCUT2D eigenvalue weighted by molar-refractivity contribution is 0.244. The summed E-state index contributed by atoms with van der Waals surface area (Å²) in [4.78, 5) is 2.64. The van der Waals surface area contributed by atoms with Crippen LogP contribution >= 0.6 is 15.9 Å². The van der Waals surface area contributed by atoms with E-state index in [1.807, 2.05) is 0 Å². The topological polar surface area (TPSA) is 15.3 Å². The Hall–Kier alpha value is -0.380. The van der Waals surface area contributed by atoms with Crippen LogP contribution in [-0.4, -0.2) is 31.1 Å². The monoisotopic (exact) mass is 294 g/mol. The average Bonchev–Trinajstić information content (AvgIpc) is 2.89. The van der Waals surface area contributed by atoms with Crippen molar-refractivity contribution in [3.05, 3.63) is 34.3 Å². The molecule has 1 unspecified atom stereocenters. The summed E-state index contributed by atoms with van der Waals surface area (Å²) in [7, 11) is 0. The van der Waals surface area contributed by atoms with Crippen LogP contribution in [-0.2, 0) is 0 Å². The summed E-state index contributed by atoms with van der Waals surface area (Å²) in [6, 6.07) is 9.31. The van der Waals surface area contributed by atoms with E-state index >= 15 is 0 Å². The fourth-order valence-corrected chi connectivity index (χ4v) is 3.42. The smallest absolute Gasteiger partial charge is 0.0320 e. The summed E-state index contributed by atoms with van der Waals surface area (Å²) in [6.45, 7) is 7.28. The SMILES string of the molecule is CC(c1ccc(Br)cc1)N1C[C@H]2CNC[C@H]2C1. The van der Waals surface area contributed by atoms with Gasteiger partial charge >= 0.3 is 0 Å². The molecule has 0 saturated carbocycles. The van der Waals surface area contributed by atoms with E-state index in [1.165, 1.54) is 31.7 Å². The van der Waals surface area contributed by atoms with Gasteiger partial charge in [0.1, 0.15) is 0 Å². The van der Waals surface area contributed by atoms with Crippen LogP contribution in [0.25, 0.3) is 0 Å². The zero-order valence-corrected chi connectivity index (χ0v) is 11.8. The largest absolute Gasteiger partial charge is 0.316 e. The van der Waals surface area contributed by atoms with Crippen LogP contribution in [0.3, 0.4) is 0 Å². The van der Waals surface area contributed by atoms with Gasteiger partial charge in [0.05, 0.1) is 0 Å². The zero-order chi connectivity index (χ0) is 11.8. The number of benzene rings is 1. The molecule has 1 aromatic rings. The van der Waals surface area contributed by atoms with Crippen LogP contribution in [0.2, 0.25) is 0 Å². The lowest BCUT2D eigenvalue weighted by Gasteiger charge is -2.25. The Balaban J connectivity index is 1.70. The fraction of sp³-hybridized carbons (Fsp3) is 0.571. The Morgan fingerprint density at radius 3 is 2.35 bits per heavy atom. The van der Waals surface area contributed by atoms with Gasteiger partial charge in [-0.2, -0.15) is 0 Å². The highest BCUT2D eigenvalue weighted by atomic mass is 79.9. The normalized spacial score (nSPS) is 30.5. The molecule has 0 spiro atoms. The van der Waals surface area contributed by atoms with Gasteiger partial charge in [-0.1, -0.05) is 28.1 Å². The van der Waals surface area contributed by atoms with Crippen molar-refractivity contribution in [1.82, 2.24) is 10.2 Å². The van der Waals surface area contributed by atoms with Gasteiger partial charge in [0.2, 0.25) is 0 Å². The van der Waals surface area contributed by atoms with Crippen LogP contribution in [0, 0.1) is 11.8 Å². The molecule has 92 valence electrons. The van der Waals surface area contributed by atoms with Crippen LogP contribution in [0.1, 0.15) is 18.5 Å². The highest BCUT2D eigenvalue weighted by molar-refractivity contribution is 9.10. The minimum absolute atomic E-state index is 0.550. The second-order valence-electron chi connectivity index (χ2n) is 5.36.